The van der Waals surface area contributed by atoms with E-state index >= 15 is 0 Å². The zero-order valence-electron chi connectivity index (χ0n) is 6.67. The first-order valence-corrected chi connectivity index (χ1v) is 3.72. The summed E-state index contributed by atoms with van der Waals surface area (Å²) in [5.74, 6) is 0.334. The highest BCUT2D eigenvalue weighted by molar-refractivity contribution is 5.85. The topological polar surface area (TPSA) is 55.1 Å². The molecule has 2 atom stereocenters. The Balaban J connectivity index is 0.000001000. The van der Waals surface area contributed by atoms with E-state index in [1.54, 1.807) is 0 Å². The van der Waals surface area contributed by atoms with Crippen molar-refractivity contribution in [2.24, 2.45) is 17.6 Å². The fraction of sp³-hybridized carbons (Fsp3) is 0.857. The Bertz CT molecular complexity index is 134. The maximum Gasteiger partial charge on any atom is 0.220 e. The molecule has 1 saturated heterocycles. The third kappa shape index (κ3) is 2.67. The van der Waals surface area contributed by atoms with Crippen LogP contribution in [0, 0.1) is 11.8 Å². The van der Waals surface area contributed by atoms with Crippen molar-refractivity contribution in [1.82, 2.24) is 5.32 Å². The van der Waals surface area contributed by atoms with Gasteiger partial charge in [0.15, 0.2) is 0 Å². The summed E-state index contributed by atoms with van der Waals surface area (Å²) < 4.78 is 0. The smallest absolute Gasteiger partial charge is 0.220 e. The number of rotatable bonds is 2. The number of hydrogen-bond acceptors (Lipinski definition) is 2. The fourth-order valence-corrected chi connectivity index (χ4v) is 1.34. The van der Waals surface area contributed by atoms with Crippen molar-refractivity contribution in [3.05, 3.63) is 0 Å². The molecule has 4 heteroatoms. The van der Waals surface area contributed by atoms with Gasteiger partial charge in [0.25, 0.3) is 0 Å². The third-order valence-corrected chi connectivity index (χ3v) is 2.25. The fourth-order valence-electron chi connectivity index (χ4n) is 1.34. The minimum absolute atomic E-state index is 0. The van der Waals surface area contributed by atoms with E-state index in [-0.39, 0.29) is 24.2 Å². The number of carbonyl (C=O) groups excluding carboxylic acids is 1. The van der Waals surface area contributed by atoms with Crippen molar-refractivity contribution >= 4 is 18.3 Å². The van der Waals surface area contributed by atoms with E-state index in [0.29, 0.717) is 5.92 Å². The van der Waals surface area contributed by atoms with Gasteiger partial charge in [0.1, 0.15) is 0 Å². The van der Waals surface area contributed by atoms with Crippen LogP contribution in [-0.2, 0) is 4.79 Å². The standard InChI is InChI=1S/C7H14N2O.ClH/c1-5(7(8)10)6-2-3-9-4-6;/h5-6,9H,2-4H2,1H3,(H2,8,10);1H/t5?,6-;/m1./s1. The second-order valence-electron chi connectivity index (χ2n) is 2.94. The molecule has 1 fully saturated rings. The Morgan fingerprint density at radius 2 is 2.36 bits per heavy atom. The average molecular weight is 179 g/mol. The molecule has 1 amide bonds. The highest BCUT2D eigenvalue weighted by Gasteiger charge is 2.24. The SMILES string of the molecule is CC(C(N)=O)[C@@H]1CCNC1.Cl. The highest BCUT2D eigenvalue weighted by atomic mass is 35.5. The van der Waals surface area contributed by atoms with Crippen LogP contribution in [0.1, 0.15) is 13.3 Å². The Labute approximate surface area is 73.1 Å². The van der Waals surface area contributed by atoms with E-state index < -0.39 is 0 Å². The molecule has 0 bridgehead atoms. The van der Waals surface area contributed by atoms with Crippen LogP contribution >= 0.6 is 12.4 Å². The minimum atomic E-state index is -0.172. The molecule has 1 rings (SSSR count). The largest absolute Gasteiger partial charge is 0.369 e. The van der Waals surface area contributed by atoms with Gasteiger partial charge >= 0.3 is 0 Å². The number of nitrogens with two attached hydrogens (primary N) is 1. The van der Waals surface area contributed by atoms with E-state index in [4.69, 9.17) is 5.73 Å². The van der Waals surface area contributed by atoms with Gasteiger partial charge in [-0.25, -0.2) is 0 Å². The molecule has 0 radical (unpaired) electrons. The van der Waals surface area contributed by atoms with Crippen LogP contribution in [0.15, 0.2) is 0 Å². The Kier molecular flexibility index (Phi) is 4.45. The first-order valence-electron chi connectivity index (χ1n) is 3.72. The lowest BCUT2D eigenvalue weighted by molar-refractivity contribution is -0.122. The second-order valence-corrected chi connectivity index (χ2v) is 2.94. The molecule has 1 unspecified atom stereocenters. The third-order valence-electron chi connectivity index (χ3n) is 2.25. The van der Waals surface area contributed by atoms with Crippen molar-refractivity contribution in [2.45, 2.75) is 13.3 Å². The summed E-state index contributed by atoms with van der Waals surface area (Å²) in [5, 5.41) is 3.20. The highest BCUT2D eigenvalue weighted by Crippen LogP contribution is 2.17. The maximum atomic E-state index is 10.7. The van der Waals surface area contributed by atoms with Crippen molar-refractivity contribution < 1.29 is 4.79 Å². The monoisotopic (exact) mass is 178 g/mol. The quantitative estimate of drug-likeness (QED) is 0.632. The lowest BCUT2D eigenvalue weighted by Gasteiger charge is -2.13. The van der Waals surface area contributed by atoms with E-state index in [1.165, 1.54) is 0 Å². The zero-order valence-corrected chi connectivity index (χ0v) is 7.49. The predicted molar refractivity (Wildman–Crippen MR) is 46.6 cm³/mol. The van der Waals surface area contributed by atoms with Crippen LogP contribution in [0.4, 0.5) is 0 Å². The molecule has 0 spiro atoms. The normalized spacial score (nSPS) is 25.7. The van der Waals surface area contributed by atoms with E-state index in [9.17, 15) is 4.79 Å². The maximum absolute atomic E-state index is 10.7. The molecule has 0 aromatic rings. The van der Waals surface area contributed by atoms with Crippen LogP contribution in [0.25, 0.3) is 0 Å². The number of amides is 1. The summed E-state index contributed by atoms with van der Waals surface area (Å²) in [6, 6.07) is 0. The van der Waals surface area contributed by atoms with Crippen molar-refractivity contribution in [1.29, 1.82) is 0 Å². The molecule has 1 aliphatic heterocycles. The predicted octanol–water partition coefficient (Wildman–Crippen LogP) is 0.139. The summed E-state index contributed by atoms with van der Waals surface area (Å²) in [6.45, 7) is 3.88. The van der Waals surface area contributed by atoms with Crippen LogP contribution in [0.3, 0.4) is 0 Å². The lowest BCUT2D eigenvalue weighted by Crippen LogP contribution is -2.28. The number of halogens is 1. The van der Waals surface area contributed by atoms with Gasteiger partial charge in [0.2, 0.25) is 5.91 Å². The first kappa shape index (κ1) is 10.7. The molecule has 1 aliphatic rings. The van der Waals surface area contributed by atoms with Gasteiger partial charge in [-0.3, -0.25) is 4.79 Å². The van der Waals surface area contributed by atoms with Gasteiger partial charge in [-0.15, -0.1) is 12.4 Å². The Morgan fingerprint density at radius 3 is 2.73 bits per heavy atom. The molecule has 3 N–H and O–H groups in total. The van der Waals surface area contributed by atoms with Gasteiger partial charge in [-0.1, -0.05) is 6.92 Å². The number of hydrogen-bond donors (Lipinski definition) is 2. The number of primary amides is 1. The van der Waals surface area contributed by atoms with Gasteiger partial charge in [0.05, 0.1) is 0 Å². The molecule has 0 aromatic carbocycles. The average Bonchev–Trinajstić information content (AvgIpc) is 2.36. The summed E-state index contributed by atoms with van der Waals surface area (Å²) in [6.07, 6.45) is 1.09. The van der Waals surface area contributed by atoms with Crippen molar-refractivity contribution in [3.8, 4) is 0 Å². The summed E-state index contributed by atoms with van der Waals surface area (Å²) in [7, 11) is 0. The van der Waals surface area contributed by atoms with Gasteiger partial charge < -0.3 is 11.1 Å². The summed E-state index contributed by atoms with van der Waals surface area (Å²) >= 11 is 0. The molecule has 1 heterocycles. The van der Waals surface area contributed by atoms with Crippen LogP contribution in [0.2, 0.25) is 0 Å². The Morgan fingerprint density at radius 1 is 1.73 bits per heavy atom. The van der Waals surface area contributed by atoms with Gasteiger partial charge in [0, 0.05) is 5.92 Å². The minimum Gasteiger partial charge on any atom is -0.369 e. The number of carbonyl (C=O) groups is 1. The summed E-state index contributed by atoms with van der Waals surface area (Å²) in [4.78, 5) is 10.7. The van der Waals surface area contributed by atoms with Gasteiger partial charge in [-0.05, 0) is 25.4 Å². The molecular weight excluding hydrogens is 164 g/mol. The molecular formula is C7H15ClN2O. The molecule has 66 valence electrons. The van der Waals surface area contributed by atoms with Crippen LogP contribution in [-0.4, -0.2) is 19.0 Å². The number of nitrogens with one attached hydrogen (secondary N) is 1. The van der Waals surface area contributed by atoms with Gasteiger partial charge in [-0.2, -0.15) is 0 Å². The molecule has 11 heavy (non-hydrogen) atoms. The lowest BCUT2D eigenvalue weighted by atomic mass is 9.93. The van der Waals surface area contributed by atoms with Crippen molar-refractivity contribution in [3.63, 3.8) is 0 Å². The van der Waals surface area contributed by atoms with Crippen LogP contribution in [0.5, 0.6) is 0 Å². The molecule has 3 nitrogen and oxygen atoms in total. The first-order chi connectivity index (χ1) is 4.72. The zero-order chi connectivity index (χ0) is 7.56. The van der Waals surface area contributed by atoms with Crippen molar-refractivity contribution in [2.75, 3.05) is 13.1 Å². The van der Waals surface area contributed by atoms with Crippen LogP contribution < -0.4 is 11.1 Å². The summed E-state index contributed by atoms with van der Waals surface area (Å²) in [5.41, 5.74) is 5.15. The Hall–Kier alpha value is -0.280. The molecule has 0 aromatic heterocycles. The van der Waals surface area contributed by atoms with E-state index in [2.05, 4.69) is 5.32 Å². The second kappa shape index (κ2) is 4.57. The van der Waals surface area contributed by atoms with E-state index in [1.807, 2.05) is 6.92 Å². The molecule has 0 aliphatic carbocycles. The van der Waals surface area contributed by atoms with E-state index in [0.717, 1.165) is 19.5 Å². The molecule has 0 saturated carbocycles.